The summed E-state index contributed by atoms with van der Waals surface area (Å²) in [5, 5.41) is 15.8. The van der Waals surface area contributed by atoms with Gasteiger partial charge in [0.05, 0.1) is 17.3 Å². The summed E-state index contributed by atoms with van der Waals surface area (Å²) in [4.78, 5) is 11.9. The van der Waals surface area contributed by atoms with E-state index in [1.165, 1.54) is 18.5 Å². The number of aromatic nitrogens is 2. The molecule has 76 valence electrons. The summed E-state index contributed by atoms with van der Waals surface area (Å²) in [7, 11) is 0. The van der Waals surface area contributed by atoms with E-state index in [1.54, 1.807) is 12.1 Å². The highest BCUT2D eigenvalue weighted by Crippen LogP contribution is 2.21. The summed E-state index contributed by atoms with van der Waals surface area (Å²) >= 11 is 0. The van der Waals surface area contributed by atoms with Crippen molar-refractivity contribution in [3.05, 3.63) is 47.3 Å². The fourth-order valence-electron chi connectivity index (χ4n) is 1.36. The van der Waals surface area contributed by atoms with Crippen molar-refractivity contribution in [3.8, 4) is 5.75 Å². The number of hydrogen-bond acceptors (Lipinski definition) is 3. The molecule has 0 atom stereocenters. The lowest BCUT2D eigenvalue weighted by Gasteiger charge is -2.02. The van der Waals surface area contributed by atoms with Gasteiger partial charge in [-0.15, -0.1) is 0 Å². The number of rotatable bonds is 2. The summed E-state index contributed by atoms with van der Waals surface area (Å²) in [5.41, 5.74) is 1.67. The third kappa shape index (κ3) is 1.74. The minimum Gasteiger partial charge on any atom is -0.507 e. The minimum atomic E-state index is -0.232. The first-order chi connectivity index (χ1) is 7.18. The molecule has 4 nitrogen and oxygen atoms in total. The Morgan fingerprint density at radius 2 is 2.27 bits per heavy atom. The lowest BCUT2D eigenvalue weighted by molar-refractivity contribution is 0.103. The Kier molecular flexibility index (Phi) is 2.25. The topological polar surface area (TPSA) is 66.0 Å². The molecular formula is C11H10N2O2. The zero-order valence-electron chi connectivity index (χ0n) is 8.19. The van der Waals surface area contributed by atoms with Gasteiger partial charge in [0.25, 0.3) is 0 Å². The molecule has 0 radical (unpaired) electrons. The molecule has 15 heavy (non-hydrogen) atoms. The van der Waals surface area contributed by atoms with Crippen LogP contribution in [0.2, 0.25) is 0 Å². The van der Waals surface area contributed by atoms with Crippen LogP contribution in [0.15, 0.2) is 30.6 Å². The molecule has 0 aliphatic heterocycles. The van der Waals surface area contributed by atoms with Gasteiger partial charge in [0.1, 0.15) is 5.75 Å². The minimum absolute atomic E-state index is 0.00759. The van der Waals surface area contributed by atoms with Gasteiger partial charge in [0.2, 0.25) is 0 Å². The molecule has 0 amide bonds. The number of phenolic OH excluding ortho intramolecular Hbond substituents is 1. The Labute approximate surface area is 86.6 Å². The first-order valence-electron chi connectivity index (χ1n) is 4.51. The van der Waals surface area contributed by atoms with Crippen molar-refractivity contribution in [1.82, 2.24) is 10.2 Å². The molecule has 0 bridgehead atoms. The number of nitrogens with zero attached hydrogens (tertiary/aromatic N) is 1. The van der Waals surface area contributed by atoms with Gasteiger partial charge in [0, 0.05) is 6.20 Å². The van der Waals surface area contributed by atoms with Gasteiger partial charge in [-0.25, -0.2) is 0 Å². The second-order valence-corrected chi connectivity index (χ2v) is 3.34. The zero-order chi connectivity index (χ0) is 10.8. The number of ketones is 1. The van der Waals surface area contributed by atoms with E-state index in [4.69, 9.17) is 0 Å². The van der Waals surface area contributed by atoms with Crippen LogP contribution in [0.1, 0.15) is 21.5 Å². The van der Waals surface area contributed by atoms with E-state index in [9.17, 15) is 9.90 Å². The predicted octanol–water partition coefficient (Wildman–Crippen LogP) is 1.65. The Morgan fingerprint density at radius 1 is 1.47 bits per heavy atom. The maximum absolute atomic E-state index is 11.9. The van der Waals surface area contributed by atoms with Crippen LogP contribution in [0.25, 0.3) is 0 Å². The number of hydrogen-bond donors (Lipinski definition) is 2. The van der Waals surface area contributed by atoms with Crippen LogP contribution < -0.4 is 0 Å². The standard InChI is InChI=1S/C11H10N2O2/c1-7-2-3-10(14)9(4-7)11(15)8-5-12-13-6-8/h2-6,14H,1H3,(H,12,13). The first-order valence-corrected chi connectivity index (χ1v) is 4.51. The molecule has 0 saturated carbocycles. The van der Waals surface area contributed by atoms with Crippen molar-refractivity contribution in [2.75, 3.05) is 0 Å². The molecule has 0 unspecified atom stereocenters. The molecule has 0 saturated heterocycles. The van der Waals surface area contributed by atoms with Gasteiger partial charge in [0.15, 0.2) is 5.78 Å². The quantitative estimate of drug-likeness (QED) is 0.728. The van der Waals surface area contributed by atoms with E-state index < -0.39 is 0 Å². The van der Waals surface area contributed by atoms with Crippen LogP contribution in [-0.4, -0.2) is 21.1 Å². The molecule has 4 heteroatoms. The number of aromatic amines is 1. The summed E-state index contributed by atoms with van der Waals surface area (Å²) in [6, 6.07) is 4.93. The Hall–Kier alpha value is -2.10. The molecule has 0 aliphatic carbocycles. The van der Waals surface area contributed by atoms with Gasteiger partial charge in [-0.05, 0) is 19.1 Å². The van der Waals surface area contributed by atoms with Crippen LogP contribution in [-0.2, 0) is 0 Å². The van der Waals surface area contributed by atoms with Gasteiger partial charge >= 0.3 is 0 Å². The number of carbonyl (C=O) groups excluding carboxylic acids is 1. The summed E-state index contributed by atoms with van der Waals surface area (Å²) in [5.74, 6) is -0.239. The number of phenols is 1. The molecule has 0 aliphatic rings. The van der Waals surface area contributed by atoms with E-state index in [2.05, 4.69) is 10.2 Å². The molecule has 2 N–H and O–H groups in total. The molecule has 0 spiro atoms. The number of nitrogens with one attached hydrogen (secondary N) is 1. The maximum atomic E-state index is 11.9. The number of aromatic hydroxyl groups is 1. The van der Waals surface area contributed by atoms with E-state index >= 15 is 0 Å². The van der Waals surface area contributed by atoms with Crippen molar-refractivity contribution in [3.63, 3.8) is 0 Å². The van der Waals surface area contributed by atoms with E-state index in [1.807, 2.05) is 6.92 Å². The predicted molar refractivity (Wildman–Crippen MR) is 54.9 cm³/mol. The lowest BCUT2D eigenvalue weighted by atomic mass is 10.0. The van der Waals surface area contributed by atoms with Crippen molar-refractivity contribution in [2.45, 2.75) is 6.92 Å². The average Bonchev–Trinajstić information content (AvgIpc) is 2.74. The van der Waals surface area contributed by atoms with Crippen molar-refractivity contribution in [1.29, 1.82) is 0 Å². The molecule has 2 aromatic rings. The average molecular weight is 202 g/mol. The smallest absolute Gasteiger partial charge is 0.199 e. The third-order valence-corrected chi connectivity index (χ3v) is 2.16. The Balaban J connectivity index is 2.46. The molecule has 1 aromatic heterocycles. The van der Waals surface area contributed by atoms with Crippen LogP contribution in [0.4, 0.5) is 0 Å². The molecular weight excluding hydrogens is 192 g/mol. The Morgan fingerprint density at radius 3 is 2.93 bits per heavy atom. The largest absolute Gasteiger partial charge is 0.507 e. The van der Waals surface area contributed by atoms with Crippen molar-refractivity contribution < 1.29 is 9.90 Å². The zero-order valence-corrected chi connectivity index (χ0v) is 8.19. The SMILES string of the molecule is Cc1ccc(O)c(C(=O)c2cn[nH]c2)c1. The highest BCUT2D eigenvalue weighted by molar-refractivity contribution is 6.10. The number of H-pyrrole nitrogens is 1. The fraction of sp³-hybridized carbons (Fsp3) is 0.0909. The monoisotopic (exact) mass is 202 g/mol. The number of benzene rings is 1. The van der Waals surface area contributed by atoms with E-state index in [-0.39, 0.29) is 11.5 Å². The Bertz CT molecular complexity index is 489. The second kappa shape index (κ2) is 3.57. The van der Waals surface area contributed by atoms with Crippen molar-refractivity contribution in [2.24, 2.45) is 0 Å². The first kappa shape index (κ1) is 9.45. The third-order valence-electron chi connectivity index (χ3n) is 2.16. The summed E-state index contributed by atoms with van der Waals surface area (Å²) in [6.07, 6.45) is 2.94. The molecule has 2 rings (SSSR count). The second-order valence-electron chi connectivity index (χ2n) is 3.34. The van der Waals surface area contributed by atoms with E-state index in [0.29, 0.717) is 11.1 Å². The number of carbonyl (C=O) groups is 1. The summed E-state index contributed by atoms with van der Waals surface area (Å²) in [6.45, 7) is 1.87. The van der Waals surface area contributed by atoms with Crippen LogP contribution in [0, 0.1) is 6.92 Å². The fourth-order valence-corrected chi connectivity index (χ4v) is 1.36. The lowest BCUT2D eigenvalue weighted by Crippen LogP contribution is -2.00. The van der Waals surface area contributed by atoms with Gasteiger partial charge in [-0.1, -0.05) is 11.6 Å². The summed E-state index contributed by atoms with van der Waals surface area (Å²) < 4.78 is 0. The van der Waals surface area contributed by atoms with Crippen LogP contribution >= 0.6 is 0 Å². The maximum Gasteiger partial charge on any atom is 0.199 e. The van der Waals surface area contributed by atoms with Gasteiger partial charge < -0.3 is 5.11 Å². The number of aryl methyl sites for hydroxylation is 1. The highest BCUT2D eigenvalue weighted by Gasteiger charge is 2.14. The van der Waals surface area contributed by atoms with Gasteiger partial charge in [-0.2, -0.15) is 5.10 Å². The van der Waals surface area contributed by atoms with Crippen molar-refractivity contribution >= 4 is 5.78 Å². The molecule has 1 heterocycles. The van der Waals surface area contributed by atoms with E-state index in [0.717, 1.165) is 5.56 Å². The molecule has 1 aromatic carbocycles. The van der Waals surface area contributed by atoms with Crippen LogP contribution in [0.5, 0.6) is 5.75 Å². The van der Waals surface area contributed by atoms with Crippen LogP contribution in [0.3, 0.4) is 0 Å². The highest BCUT2D eigenvalue weighted by atomic mass is 16.3. The van der Waals surface area contributed by atoms with Gasteiger partial charge in [-0.3, -0.25) is 9.89 Å². The normalized spacial score (nSPS) is 10.2. The molecule has 0 fully saturated rings.